The van der Waals surface area contributed by atoms with E-state index in [0.717, 1.165) is 6.07 Å². The van der Waals surface area contributed by atoms with E-state index in [9.17, 15) is 26.8 Å². The van der Waals surface area contributed by atoms with Gasteiger partial charge in [0.1, 0.15) is 12.4 Å². The van der Waals surface area contributed by atoms with Crippen molar-refractivity contribution in [1.82, 2.24) is 10.0 Å². The van der Waals surface area contributed by atoms with Gasteiger partial charge in [0.2, 0.25) is 15.9 Å². The number of nitrogens with one attached hydrogen (secondary N) is 2. The minimum atomic E-state index is -3.93. The Bertz CT molecular complexity index is 1050. The number of anilines is 1. The lowest BCUT2D eigenvalue weighted by Gasteiger charge is -2.26. The first-order valence-electron chi connectivity index (χ1n) is 8.95. The molecule has 1 aliphatic heterocycles. The standard InChI is InChI=1S/C19H19F2N3O5S/c20-17(21)12-29-15-5-2-6-16(10-15)30(27,28)22-11-13-3-1-4-14(9-13)24-8-7-18(25)23-19(24)26/h1-6,9-10,17,22H,7-8,11-12H2,(H,23,25,26). The molecule has 0 aromatic heterocycles. The molecule has 0 spiro atoms. The molecular formula is C19H19F2N3O5S. The number of imide groups is 1. The number of nitrogens with zero attached hydrogens (tertiary/aromatic N) is 1. The zero-order valence-corrected chi connectivity index (χ0v) is 16.5. The fraction of sp³-hybridized carbons (Fsp3) is 0.263. The summed E-state index contributed by atoms with van der Waals surface area (Å²) in [5.41, 5.74) is 1.12. The SMILES string of the molecule is O=C1CCN(c2cccc(CNS(=O)(=O)c3cccc(OCC(F)F)c3)c2)C(=O)N1. The topological polar surface area (TPSA) is 105 Å². The second-order valence-corrected chi connectivity index (χ2v) is 8.19. The molecule has 1 aliphatic rings. The van der Waals surface area contributed by atoms with E-state index in [1.54, 1.807) is 24.3 Å². The van der Waals surface area contributed by atoms with Crippen molar-refractivity contribution in [1.29, 1.82) is 0 Å². The summed E-state index contributed by atoms with van der Waals surface area (Å²) < 4.78 is 56.9. The lowest BCUT2D eigenvalue weighted by atomic mass is 10.1. The number of halogens is 2. The van der Waals surface area contributed by atoms with Crippen LogP contribution in [0, 0.1) is 0 Å². The lowest BCUT2D eigenvalue weighted by Crippen LogP contribution is -2.49. The van der Waals surface area contributed by atoms with Crippen LogP contribution in [0.3, 0.4) is 0 Å². The molecule has 0 atom stereocenters. The largest absolute Gasteiger partial charge is 0.488 e. The van der Waals surface area contributed by atoms with Crippen LogP contribution < -0.4 is 19.7 Å². The Labute approximate surface area is 171 Å². The van der Waals surface area contributed by atoms with Crippen molar-refractivity contribution in [2.24, 2.45) is 0 Å². The Morgan fingerprint density at radius 2 is 1.90 bits per heavy atom. The summed E-state index contributed by atoms with van der Waals surface area (Å²) in [5, 5.41) is 2.23. The number of carbonyl (C=O) groups excluding carboxylic acids is 2. The van der Waals surface area contributed by atoms with Gasteiger partial charge in [0.15, 0.2) is 0 Å². The van der Waals surface area contributed by atoms with Gasteiger partial charge >= 0.3 is 6.03 Å². The van der Waals surface area contributed by atoms with Crippen LogP contribution in [0.4, 0.5) is 19.3 Å². The molecule has 2 aromatic rings. The zero-order chi connectivity index (χ0) is 21.7. The maximum Gasteiger partial charge on any atom is 0.328 e. The Morgan fingerprint density at radius 1 is 1.13 bits per heavy atom. The van der Waals surface area contributed by atoms with Crippen molar-refractivity contribution in [3.05, 3.63) is 54.1 Å². The molecule has 11 heteroatoms. The minimum absolute atomic E-state index is 0.0193. The number of urea groups is 1. The molecule has 1 fully saturated rings. The van der Waals surface area contributed by atoms with E-state index in [1.165, 1.54) is 23.1 Å². The van der Waals surface area contributed by atoms with Gasteiger partial charge in [0.05, 0.1) is 4.90 Å². The van der Waals surface area contributed by atoms with Crippen molar-refractivity contribution in [2.75, 3.05) is 18.1 Å². The molecule has 2 N–H and O–H groups in total. The van der Waals surface area contributed by atoms with E-state index >= 15 is 0 Å². The van der Waals surface area contributed by atoms with E-state index in [-0.39, 0.29) is 36.1 Å². The van der Waals surface area contributed by atoms with Gasteiger partial charge in [-0.25, -0.2) is 26.7 Å². The number of hydrogen-bond donors (Lipinski definition) is 2. The smallest absolute Gasteiger partial charge is 0.328 e. The highest BCUT2D eigenvalue weighted by Gasteiger charge is 2.24. The van der Waals surface area contributed by atoms with Crippen LogP contribution in [0.2, 0.25) is 0 Å². The van der Waals surface area contributed by atoms with Crippen LogP contribution in [0.15, 0.2) is 53.4 Å². The number of alkyl halides is 2. The molecule has 3 amide bonds. The summed E-state index contributed by atoms with van der Waals surface area (Å²) in [6.07, 6.45) is -2.50. The number of ether oxygens (including phenoxy) is 1. The summed E-state index contributed by atoms with van der Waals surface area (Å²) in [5.74, 6) is -0.328. The van der Waals surface area contributed by atoms with E-state index in [0.29, 0.717) is 11.3 Å². The highest BCUT2D eigenvalue weighted by atomic mass is 32.2. The number of hydrogen-bond acceptors (Lipinski definition) is 5. The van der Waals surface area contributed by atoms with Crippen molar-refractivity contribution in [3.8, 4) is 5.75 Å². The Kier molecular flexibility index (Phi) is 6.63. The molecule has 1 heterocycles. The number of sulfonamides is 1. The van der Waals surface area contributed by atoms with Gasteiger partial charge in [-0.05, 0) is 29.8 Å². The molecule has 2 aromatic carbocycles. The van der Waals surface area contributed by atoms with Crippen LogP contribution >= 0.6 is 0 Å². The van der Waals surface area contributed by atoms with Crippen LogP contribution in [0.5, 0.6) is 5.75 Å². The quantitative estimate of drug-likeness (QED) is 0.657. The molecule has 8 nitrogen and oxygen atoms in total. The highest BCUT2D eigenvalue weighted by Crippen LogP contribution is 2.21. The molecule has 30 heavy (non-hydrogen) atoms. The first-order chi connectivity index (χ1) is 14.2. The molecular weight excluding hydrogens is 420 g/mol. The van der Waals surface area contributed by atoms with Crippen LogP contribution in [-0.4, -0.2) is 39.9 Å². The van der Waals surface area contributed by atoms with Gasteiger partial charge < -0.3 is 4.74 Å². The van der Waals surface area contributed by atoms with Crippen molar-refractivity contribution in [2.45, 2.75) is 24.3 Å². The van der Waals surface area contributed by atoms with Crippen molar-refractivity contribution >= 4 is 27.6 Å². The Morgan fingerprint density at radius 3 is 2.63 bits per heavy atom. The van der Waals surface area contributed by atoms with Gasteiger partial charge in [-0.3, -0.25) is 15.0 Å². The van der Waals surface area contributed by atoms with E-state index in [1.807, 2.05) is 0 Å². The van der Waals surface area contributed by atoms with Crippen LogP contribution in [0.25, 0.3) is 0 Å². The van der Waals surface area contributed by atoms with E-state index < -0.39 is 29.1 Å². The maximum atomic E-state index is 12.5. The van der Waals surface area contributed by atoms with Gasteiger partial charge in [-0.2, -0.15) is 0 Å². The summed E-state index contributed by atoms with van der Waals surface area (Å²) in [7, 11) is -3.93. The Balaban J connectivity index is 1.68. The first-order valence-corrected chi connectivity index (χ1v) is 10.4. The second kappa shape index (κ2) is 9.18. The monoisotopic (exact) mass is 439 g/mol. The van der Waals surface area contributed by atoms with Crippen molar-refractivity contribution in [3.63, 3.8) is 0 Å². The summed E-state index contributed by atoms with van der Waals surface area (Å²) >= 11 is 0. The minimum Gasteiger partial charge on any atom is -0.488 e. The Hall–Kier alpha value is -3.05. The predicted octanol–water partition coefficient (Wildman–Crippen LogP) is 2.26. The van der Waals surface area contributed by atoms with Gasteiger partial charge in [-0.1, -0.05) is 18.2 Å². The molecule has 0 aliphatic carbocycles. The third-order valence-corrected chi connectivity index (χ3v) is 5.63. The summed E-state index contributed by atoms with van der Waals surface area (Å²) in [6, 6.07) is 11.4. The van der Waals surface area contributed by atoms with E-state index in [2.05, 4.69) is 10.0 Å². The van der Waals surface area contributed by atoms with E-state index in [4.69, 9.17) is 4.74 Å². The zero-order valence-electron chi connectivity index (χ0n) is 15.7. The molecule has 0 unspecified atom stereocenters. The highest BCUT2D eigenvalue weighted by molar-refractivity contribution is 7.89. The molecule has 0 bridgehead atoms. The maximum absolute atomic E-state index is 12.5. The lowest BCUT2D eigenvalue weighted by molar-refractivity contribution is -0.120. The summed E-state index contributed by atoms with van der Waals surface area (Å²) in [6.45, 7) is -0.669. The van der Waals surface area contributed by atoms with Crippen LogP contribution in [-0.2, 0) is 21.4 Å². The fourth-order valence-electron chi connectivity index (χ4n) is 2.80. The molecule has 3 rings (SSSR count). The third kappa shape index (κ3) is 5.51. The molecule has 160 valence electrons. The number of amides is 3. The second-order valence-electron chi connectivity index (χ2n) is 6.43. The average molecular weight is 439 g/mol. The third-order valence-electron chi connectivity index (χ3n) is 4.23. The normalized spacial score (nSPS) is 14.7. The number of rotatable bonds is 8. The molecule has 1 saturated heterocycles. The fourth-order valence-corrected chi connectivity index (χ4v) is 3.85. The predicted molar refractivity (Wildman–Crippen MR) is 104 cm³/mol. The average Bonchev–Trinajstić information content (AvgIpc) is 2.71. The van der Waals surface area contributed by atoms with Crippen molar-refractivity contribution < 1.29 is 31.5 Å². The molecule has 0 saturated carbocycles. The number of benzene rings is 2. The van der Waals surface area contributed by atoms with Gasteiger partial charge in [-0.15, -0.1) is 0 Å². The summed E-state index contributed by atoms with van der Waals surface area (Å²) in [4.78, 5) is 24.5. The van der Waals surface area contributed by atoms with Gasteiger partial charge in [0, 0.05) is 31.3 Å². The van der Waals surface area contributed by atoms with Crippen LogP contribution in [0.1, 0.15) is 12.0 Å². The molecule has 0 radical (unpaired) electrons. The van der Waals surface area contributed by atoms with Gasteiger partial charge in [0.25, 0.3) is 6.43 Å². The number of carbonyl (C=O) groups is 2. The first kappa shape index (κ1) is 21.7.